The Labute approximate surface area is 70.3 Å². The fourth-order valence-electron chi connectivity index (χ4n) is 0.781. The molecule has 5 heteroatoms. The Morgan fingerprint density at radius 1 is 1.83 bits per heavy atom. The topological polar surface area (TPSA) is 83.8 Å². The largest absolute Gasteiger partial charge is 0.384 e. The van der Waals surface area contributed by atoms with E-state index in [1.165, 1.54) is 0 Å². The maximum Gasteiger partial charge on any atom is 0.219 e. The molecule has 0 atom stereocenters. The van der Waals surface area contributed by atoms with Crippen LogP contribution in [0.4, 0.5) is 5.82 Å². The van der Waals surface area contributed by atoms with Crippen LogP contribution in [-0.2, 0) is 11.3 Å². The van der Waals surface area contributed by atoms with Crippen LogP contribution in [0.25, 0.3) is 0 Å². The van der Waals surface area contributed by atoms with Gasteiger partial charge in [-0.25, -0.2) is 0 Å². The van der Waals surface area contributed by atoms with Gasteiger partial charge in [-0.1, -0.05) is 6.92 Å². The maximum atomic E-state index is 10.8. The lowest BCUT2D eigenvalue weighted by Gasteiger charge is -2.00. The zero-order valence-electron chi connectivity index (χ0n) is 6.92. The van der Waals surface area contributed by atoms with Crippen LogP contribution in [-0.4, -0.2) is 16.1 Å². The molecular formula is C7H12N4O. The third kappa shape index (κ3) is 1.98. The van der Waals surface area contributed by atoms with Crippen molar-refractivity contribution in [3.8, 4) is 0 Å². The number of anilines is 1. The van der Waals surface area contributed by atoms with E-state index < -0.39 is 0 Å². The normalized spacial score (nSPS) is 9.75. The number of hydrogen-bond donors (Lipinski definition) is 3. The maximum absolute atomic E-state index is 10.8. The highest BCUT2D eigenvalue weighted by atomic mass is 16.1. The van der Waals surface area contributed by atoms with Gasteiger partial charge in [0.15, 0.2) is 0 Å². The van der Waals surface area contributed by atoms with Gasteiger partial charge in [0.1, 0.15) is 5.82 Å². The molecule has 0 radical (unpaired) electrons. The average Bonchev–Trinajstić information content (AvgIpc) is 2.47. The first-order valence-electron chi connectivity index (χ1n) is 3.78. The molecule has 5 nitrogen and oxygen atoms in total. The van der Waals surface area contributed by atoms with E-state index in [4.69, 9.17) is 5.73 Å². The molecule has 1 aromatic heterocycles. The molecule has 1 heterocycles. The number of amides is 1. The Bertz CT molecular complexity index is 268. The summed E-state index contributed by atoms with van der Waals surface area (Å²) in [6.45, 7) is 2.24. The first kappa shape index (κ1) is 8.58. The predicted molar refractivity (Wildman–Crippen MR) is 45.1 cm³/mol. The Kier molecular flexibility index (Phi) is 2.68. The van der Waals surface area contributed by atoms with Crippen molar-refractivity contribution in [1.29, 1.82) is 0 Å². The van der Waals surface area contributed by atoms with Crippen LogP contribution < -0.4 is 11.1 Å². The molecule has 0 saturated heterocycles. The van der Waals surface area contributed by atoms with Crippen molar-refractivity contribution >= 4 is 11.7 Å². The molecule has 12 heavy (non-hydrogen) atoms. The highest BCUT2D eigenvalue weighted by molar-refractivity contribution is 5.75. The Morgan fingerprint density at radius 3 is 3.08 bits per heavy atom. The van der Waals surface area contributed by atoms with E-state index in [-0.39, 0.29) is 5.91 Å². The molecule has 0 spiro atoms. The molecule has 0 saturated carbocycles. The van der Waals surface area contributed by atoms with Gasteiger partial charge in [-0.3, -0.25) is 9.89 Å². The first-order chi connectivity index (χ1) is 5.74. The zero-order valence-corrected chi connectivity index (χ0v) is 6.92. The van der Waals surface area contributed by atoms with Crippen LogP contribution in [0.2, 0.25) is 0 Å². The fraction of sp³-hybridized carbons (Fsp3) is 0.429. The molecule has 0 unspecified atom stereocenters. The molecule has 0 aromatic carbocycles. The molecule has 0 aliphatic heterocycles. The minimum Gasteiger partial charge on any atom is -0.384 e. The van der Waals surface area contributed by atoms with E-state index in [0.29, 0.717) is 18.8 Å². The van der Waals surface area contributed by atoms with E-state index in [9.17, 15) is 4.79 Å². The smallest absolute Gasteiger partial charge is 0.219 e. The third-order valence-corrected chi connectivity index (χ3v) is 1.55. The van der Waals surface area contributed by atoms with Crippen LogP contribution in [0.15, 0.2) is 6.20 Å². The van der Waals surface area contributed by atoms with Crippen molar-refractivity contribution < 1.29 is 4.79 Å². The van der Waals surface area contributed by atoms with Crippen molar-refractivity contribution in [3.63, 3.8) is 0 Å². The average molecular weight is 168 g/mol. The van der Waals surface area contributed by atoms with Crippen molar-refractivity contribution in [2.75, 3.05) is 5.73 Å². The van der Waals surface area contributed by atoms with Gasteiger partial charge in [-0.15, -0.1) is 0 Å². The van der Waals surface area contributed by atoms with Crippen LogP contribution in [0.3, 0.4) is 0 Å². The van der Waals surface area contributed by atoms with E-state index >= 15 is 0 Å². The van der Waals surface area contributed by atoms with E-state index in [1.54, 1.807) is 13.1 Å². The molecular weight excluding hydrogens is 156 g/mol. The number of carbonyl (C=O) groups excluding carboxylic acids is 1. The van der Waals surface area contributed by atoms with Gasteiger partial charge < -0.3 is 11.1 Å². The van der Waals surface area contributed by atoms with E-state index in [0.717, 1.165) is 5.56 Å². The van der Waals surface area contributed by atoms with E-state index in [2.05, 4.69) is 15.5 Å². The van der Waals surface area contributed by atoms with Crippen LogP contribution in [0.1, 0.15) is 18.9 Å². The lowest BCUT2D eigenvalue weighted by molar-refractivity contribution is -0.120. The summed E-state index contributed by atoms with van der Waals surface area (Å²) in [5.74, 6) is 0.516. The highest BCUT2D eigenvalue weighted by Gasteiger charge is 2.01. The van der Waals surface area contributed by atoms with Crippen LogP contribution >= 0.6 is 0 Å². The molecule has 66 valence electrons. The number of aromatic nitrogens is 2. The molecule has 4 N–H and O–H groups in total. The molecule has 0 fully saturated rings. The molecule has 1 rings (SSSR count). The minimum absolute atomic E-state index is 0.00981. The zero-order chi connectivity index (χ0) is 8.97. The summed E-state index contributed by atoms with van der Waals surface area (Å²) in [5, 5.41) is 9.01. The third-order valence-electron chi connectivity index (χ3n) is 1.55. The van der Waals surface area contributed by atoms with Crippen LogP contribution in [0.5, 0.6) is 0 Å². The van der Waals surface area contributed by atoms with Gasteiger partial charge in [0.25, 0.3) is 0 Å². The molecule has 0 aliphatic rings. The summed E-state index contributed by atoms with van der Waals surface area (Å²) < 4.78 is 0. The first-order valence-corrected chi connectivity index (χ1v) is 3.78. The van der Waals surface area contributed by atoms with Gasteiger partial charge in [0.05, 0.1) is 6.20 Å². The second-order valence-corrected chi connectivity index (χ2v) is 2.44. The summed E-state index contributed by atoms with van der Waals surface area (Å²) in [6, 6.07) is 0. The monoisotopic (exact) mass is 168 g/mol. The number of nitrogens with zero attached hydrogens (tertiary/aromatic N) is 1. The van der Waals surface area contributed by atoms with Crippen molar-refractivity contribution in [1.82, 2.24) is 15.5 Å². The highest BCUT2D eigenvalue weighted by Crippen LogP contribution is 2.04. The summed E-state index contributed by atoms with van der Waals surface area (Å²) >= 11 is 0. The number of nitrogens with two attached hydrogens (primary N) is 1. The summed E-state index contributed by atoms with van der Waals surface area (Å²) in [5.41, 5.74) is 6.32. The number of aromatic amines is 1. The Morgan fingerprint density at radius 2 is 2.58 bits per heavy atom. The lowest BCUT2D eigenvalue weighted by Crippen LogP contribution is -2.21. The number of H-pyrrole nitrogens is 1. The van der Waals surface area contributed by atoms with Gasteiger partial charge in [0, 0.05) is 18.5 Å². The fourth-order valence-corrected chi connectivity index (χ4v) is 0.781. The van der Waals surface area contributed by atoms with Gasteiger partial charge in [0.2, 0.25) is 5.91 Å². The molecule has 1 aromatic rings. The molecule has 1 amide bonds. The second-order valence-electron chi connectivity index (χ2n) is 2.44. The van der Waals surface area contributed by atoms with Gasteiger partial charge >= 0.3 is 0 Å². The van der Waals surface area contributed by atoms with Crippen LogP contribution in [0, 0.1) is 0 Å². The Balaban J connectivity index is 2.43. The van der Waals surface area contributed by atoms with E-state index in [1.807, 2.05) is 0 Å². The number of rotatable bonds is 3. The lowest BCUT2D eigenvalue weighted by atomic mass is 10.3. The van der Waals surface area contributed by atoms with Gasteiger partial charge in [-0.2, -0.15) is 5.10 Å². The standard InChI is InChI=1S/C7H12N4O/c1-2-6(12)9-3-5-4-10-11-7(5)8/h4H,2-3H2,1H3,(H,9,12)(H3,8,10,11). The summed E-state index contributed by atoms with van der Waals surface area (Å²) in [7, 11) is 0. The molecule has 0 bridgehead atoms. The van der Waals surface area contributed by atoms with Crippen molar-refractivity contribution in [3.05, 3.63) is 11.8 Å². The number of nitrogens with one attached hydrogen (secondary N) is 2. The second kappa shape index (κ2) is 3.75. The number of nitrogen functional groups attached to an aromatic ring is 1. The van der Waals surface area contributed by atoms with Gasteiger partial charge in [-0.05, 0) is 0 Å². The van der Waals surface area contributed by atoms with Crippen molar-refractivity contribution in [2.24, 2.45) is 0 Å². The predicted octanol–water partition coefficient (Wildman–Crippen LogP) is 0.0181. The number of carbonyl (C=O) groups is 1. The quantitative estimate of drug-likeness (QED) is 0.594. The molecule has 0 aliphatic carbocycles. The summed E-state index contributed by atoms with van der Waals surface area (Å²) in [6.07, 6.45) is 2.09. The number of hydrogen-bond acceptors (Lipinski definition) is 3. The minimum atomic E-state index is 0.00981. The van der Waals surface area contributed by atoms with Crippen molar-refractivity contribution in [2.45, 2.75) is 19.9 Å². The summed E-state index contributed by atoms with van der Waals surface area (Å²) in [4.78, 5) is 10.8. The SMILES string of the molecule is CCC(=O)NCc1cn[nH]c1N. The Hall–Kier alpha value is -1.52.